The Kier molecular flexibility index (Phi) is 6.77. The van der Waals surface area contributed by atoms with Crippen LogP contribution in [0.1, 0.15) is 85.5 Å². The van der Waals surface area contributed by atoms with Crippen LogP contribution in [0.3, 0.4) is 0 Å². The number of thioether (sulfide) groups is 1. The molecule has 0 radical (unpaired) electrons. The monoisotopic (exact) mass is 298 g/mol. The zero-order chi connectivity index (χ0) is 15.2. The molecule has 0 aromatic heterocycles. The van der Waals surface area contributed by atoms with E-state index in [0.717, 1.165) is 12.8 Å². The van der Waals surface area contributed by atoms with Crippen LogP contribution in [0, 0.1) is 5.41 Å². The van der Waals surface area contributed by atoms with Crippen molar-refractivity contribution in [1.82, 2.24) is 0 Å². The van der Waals surface area contributed by atoms with Gasteiger partial charge in [0.25, 0.3) is 0 Å². The second-order valence-corrected chi connectivity index (χ2v) is 8.28. The first-order valence-electron chi connectivity index (χ1n) is 8.13. The van der Waals surface area contributed by atoms with Crippen molar-refractivity contribution in [3.8, 4) is 0 Å². The summed E-state index contributed by atoms with van der Waals surface area (Å²) in [5, 5.41) is 0.0459. The molecule has 1 aliphatic heterocycles. The summed E-state index contributed by atoms with van der Waals surface area (Å²) in [6.45, 7) is 7.72. The molecule has 1 rings (SSSR count). The molecular weight excluding hydrogens is 268 g/mol. The number of rotatable bonds is 9. The van der Waals surface area contributed by atoms with Crippen LogP contribution in [0.15, 0.2) is 0 Å². The molecule has 1 fully saturated rings. The van der Waals surface area contributed by atoms with E-state index < -0.39 is 10.2 Å². The van der Waals surface area contributed by atoms with Gasteiger partial charge in [-0.15, -0.1) is 0 Å². The highest BCUT2D eigenvalue weighted by molar-refractivity contribution is 8.16. The number of hydrogen-bond donors (Lipinski definition) is 0. The van der Waals surface area contributed by atoms with Gasteiger partial charge in [0.15, 0.2) is 5.78 Å². The van der Waals surface area contributed by atoms with E-state index in [1.807, 2.05) is 6.92 Å². The van der Waals surface area contributed by atoms with Crippen LogP contribution in [-0.4, -0.2) is 15.6 Å². The lowest BCUT2D eigenvalue weighted by molar-refractivity contribution is -0.133. The van der Waals surface area contributed by atoms with Gasteiger partial charge in [0.2, 0.25) is 5.12 Å². The van der Waals surface area contributed by atoms with Gasteiger partial charge in [-0.2, -0.15) is 0 Å². The first-order chi connectivity index (χ1) is 9.34. The second-order valence-electron chi connectivity index (χ2n) is 6.80. The molecule has 0 aromatic carbocycles. The van der Waals surface area contributed by atoms with Crippen LogP contribution in [-0.2, 0) is 9.59 Å². The first-order valence-corrected chi connectivity index (χ1v) is 8.94. The molecule has 0 saturated carbocycles. The number of carbonyl (C=O) groups excluding carboxylic acids is 2. The molecule has 3 heteroatoms. The van der Waals surface area contributed by atoms with Gasteiger partial charge in [0.05, 0.1) is 10.2 Å². The normalized spacial score (nSPS) is 25.4. The molecule has 0 unspecified atom stereocenters. The Hall–Kier alpha value is -0.310. The summed E-state index contributed by atoms with van der Waals surface area (Å²) in [5.41, 5.74) is -0.778. The quantitative estimate of drug-likeness (QED) is 0.436. The number of ketones is 1. The molecular formula is C17H30O2S. The standard InChI is InChI=1S/C17H30O2S/c1-5-6-7-8-9-10-11-12-13-17(4)14(18)16(2,3)15(19)20-17/h5-13H2,1-4H3/t17-/m1/s1. The predicted octanol–water partition coefficient (Wildman–Crippen LogP) is 5.14. The van der Waals surface area contributed by atoms with Crippen LogP contribution in [0.4, 0.5) is 0 Å². The van der Waals surface area contributed by atoms with Gasteiger partial charge in [0, 0.05) is 0 Å². The maximum absolute atomic E-state index is 12.4. The molecule has 0 bridgehead atoms. The third-order valence-corrected chi connectivity index (χ3v) is 5.92. The lowest BCUT2D eigenvalue weighted by Crippen LogP contribution is -2.35. The molecule has 0 spiro atoms. The Labute approximate surface area is 128 Å². The summed E-state index contributed by atoms with van der Waals surface area (Å²) in [6.07, 6.45) is 11.0. The van der Waals surface area contributed by atoms with Crippen molar-refractivity contribution in [2.24, 2.45) is 5.41 Å². The first kappa shape index (κ1) is 17.7. The number of hydrogen-bond acceptors (Lipinski definition) is 3. The fraction of sp³-hybridized carbons (Fsp3) is 0.882. The van der Waals surface area contributed by atoms with Crippen molar-refractivity contribution in [3.05, 3.63) is 0 Å². The van der Waals surface area contributed by atoms with E-state index in [0.29, 0.717) is 0 Å². The molecule has 1 aliphatic rings. The number of unbranched alkanes of at least 4 members (excludes halogenated alkanes) is 7. The van der Waals surface area contributed by atoms with E-state index in [1.54, 1.807) is 13.8 Å². The van der Waals surface area contributed by atoms with Crippen LogP contribution in [0.5, 0.6) is 0 Å². The largest absolute Gasteiger partial charge is 0.297 e. The summed E-state index contributed by atoms with van der Waals surface area (Å²) in [4.78, 5) is 24.3. The zero-order valence-electron chi connectivity index (χ0n) is 13.6. The Morgan fingerprint density at radius 2 is 1.35 bits per heavy atom. The predicted molar refractivity (Wildman–Crippen MR) is 87.0 cm³/mol. The average Bonchev–Trinajstić information content (AvgIpc) is 2.54. The third kappa shape index (κ3) is 4.34. The van der Waals surface area contributed by atoms with Gasteiger partial charge in [-0.25, -0.2) is 0 Å². The Morgan fingerprint density at radius 3 is 1.80 bits per heavy atom. The van der Waals surface area contributed by atoms with Gasteiger partial charge in [0.1, 0.15) is 0 Å². The third-order valence-electron chi connectivity index (χ3n) is 4.38. The molecule has 0 aromatic rings. The highest BCUT2D eigenvalue weighted by Crippen LogP contribution is 2.48. The molecule has 1 atom stereocenters. The smallest absolute Gasteiger partial charge is 0.202 e. The van der Waals surface area contributed by atoms with Crippen molar-refractivity contribution in [1.29, 1.82) is 0 Å². The van der Waals surface area contributed by atoms with Crippen molar-refractivity contribution >= 4 is 22.7 Å². The maximum atomic E-state index is 12.4. The van der Waals surface area contributed by atoms with E-state index in [-0.39, 0.29) is 10.9 Å². The lowest BCUT2D eigenvalue weighted by atomic mass is 9.81. The van der Waals surface area contributed by atoms with Crippen molar-refractivity contribution in [3.63, 3.8) is 0 Å². The number of Topliss-reactive ketones (excluding diaryl/α,β-unsaturated/α-hetero) is 1. The Bertz CT molecular complexity index is 349. The van der Waals surface area contributed by atoms with Crippen LogP contribution >= 0.6 is 11.8 Å². The summed E-state index contributed by atoms with van der Waals surface area (Å²) in [6, 6.07) is 0. The fourth-order valence-electron chi connectivity index (χ4n) is 2.89. The molecule has 0 N–H and O–H groups in total. The van der Waals surface area contributed by atoms with E-state index in [4.69, 9.17) is 0 Å². The molecule has 1 heterocycles. The number of carbonyl (C=O) groups is 2. The van der Waals surface area contributed by atoms with E-state index in [9.17, 15) is 9.59 Å². The molecule has 116 valence electrons. The Morgan fingerprint density at radius 1 is 0.850 bits per heavy atom. The summed E-state index contributed by atoms with van der Waals surface area (Å²) < 4.78 is -0.469. The minimum absolute atomic E-state index is 0.0459. The van der Waals surface area contributed by atoms with Crippen molar-refractivity contribution in [2.75, 3.05) is 0 Å². The maximum Gasteiger partial charge on any atom is 0.202 e. The van der Waals surface area contributed by atoms with Gasteiger partial charge in [-0.1, -0.05) is 70.1 Å². The summed E-state index contributed by atoms with van der Waals surface area (Å²) in [7, 11) is 0. The minimum Gasteiger partial charge on any atom is -0.297 e. The van der Waals surface area contributed by atoms with E-state index in [1.165, 1.54) is 56.7 Å². The molecule has 1 saturated heterocycles. The van der Waals surface area contributed by atoms with Gasteiger partial charge < -0.3 is 0 Å². The van der Waals surface area contributed by atoms with Gasteiger partial charge >= 0.3 is 0 Å². The SMILES string of the molecule is CCCCCCCCCC[C@@]1(C)SC(=O)C(C)(C)C1=O. The second kappa shape index (κ2) is 7.63. The average molecular weight is 298 g/mol. The van der Waals surface area contributed by atoms with Crippen LogP contribution < -0.4 is 0 Å². The zero-order valence-corrected chi connectivity index (χ0v) is 14.4. The lowest BCUT2D eigenvalue weighted by Gasteiger charge is -2.22. The van der Waals surface area contributed by atoms with E-state index in [2.05, 4.69) is 6.92 Å². The van der Waals surface area contributed by atoms with Gasteiger partial charge in [-0.3, -0.25) is 9.59 Å². The van der Waals surface area contributed by atoms with E-state index >= 15 is 0 Å². The summed E-state index contributed by atoms with van der Waals surface area (Å²) in [5.74, 6) is 0.128. The highest BCUT2D eigenvalue weighted by atomic mass is 32.2. The van der Waals surface area contributed by atoms with Crippen LogP contribution in [0.25, 0.3) is 0 Å². The molecule has 2 nitrogen and oxygen atoms in total. The summed E-state index contributed by atoms with van der Waals surface area (Å²) >= 11 is 1.27. The Balaban J connectivity index is 2.22. The highest BCUT2D eigenvalue weighted by Gasteiger charge is 2.55. The molecule has 0 amide bonds. The molecule has 0 aliphatic carbocycles. The minimum atomic E-state index is -0.778. The fourth-order valence-corrected chi connectivity index (χ4v) is 4.24. The van der Waals surface area contributed by atoms with Crippen molar-refractivity contribution < 1.29 is 9.59 Å². The van der Waals surface area contributed by atoms with Crippen molar-refractivity contribution in [2.45, 2.75) is 90.2 Å². The topological polar surface area (TPSA) is 34.1 Å². The molecule has 20 heavy (non-hydrogen) atoms. The van der Waals surface area contributed by atoms with Crippen LogP contribution in [0.2, 0.25) is 0 Å². The van der Waals surface area contributed by atoms with Gasteiger partial charge in [-0.05, 0) is 27.2 Å².